The van der Waals surface area contributed by atoms with Crippen LogP contribution in [0.3, 0.4) is 0 Å². The minimum absolute atomic E-state index is 0. The summed E-state index contributed by atoms with van der Waals surface area (Å²) in [4.78, 5) is 2.64. The van der Waals surface area contributed by atoms with Crippen LogP contribution >= 0.6 is 17.0 Å². The molecule has 4 rings (SSSR count). The molecule has 4 heteroatoms. The third kappa shape index (κ3) is 1.88. The maximum atomic E-state index is 5.66. The van der Waals surface area contributed by atoms with Crippen LogP contribution in [0.15, 0.2) is 12.1 Å². The van der Waals surface area contributed by atoms with Crippen molar-refractivity contribution < 1.29 is 9.47 Å². The summed E-state index contributed by atoms with van der Waals surface area (Å²) in [6.07, 6.45) is 3.70. The van der Waals surface area contributed by atoms with E-state index in [0.29, 0.717) is 12.7 Å². The highest BCUT2D eigenvalue weighted by Gasteiger charge is 2.39. The molecule has 2 heterocycles. The first-order chi connectivity index (χ1) is 8.88. The van der Waals surface area contributed by atoms with E-state index in [0.717, 1.165) is 24.0 Å². The van der Waals surface area contributed by atoms with Gasteiger partial charge < -0.3 is 14.4 Å². The van der Waals surface area contributed by atoms with Gasteiger partial charge in [-0.2, -0.15) is 0 Å². The molecule has 104 valence electrons. The number of benzene rings is 1. The maximum Gasteiger partial charge on any atom is 0.231 e. The summed E-state index contributed by atoms with van der Waals surface area (Å²) in [6, 6.07) is 5.12. The predicted octanol–water partition coefficient (Wildman–Crippen LogP) is 3.12. The fourth-order valence-electron chi connectivity index (χ4n) is 4.00. The molecule has 0 aromatic heterocycles. The topological polar surface area (TPSA) is 21.7 Å². The molecule has 1 aliphatic carbocycles. The van der Waals surface area contributed by atoms with Gasteiger partial charge in [-0.25, -0.2) is 0 Å². The number of fused-ring (bicyclic) bond motifs is 5. The second kappa shape index (κ2) is 4.98. The Balaban J connectivity index is 0.00000110. The summed E-state index contributed by atoms with van der Waals surface area (Å²) in [7, 11) is 0. The fourth-order valence-corrected chi connectivity index (χ4v) is 4.00. The monoisotopic (exact) mass is 325 g/mol. The molecule has 1 fully saturated rings. The number of nitrogens with zero attached hydrogens (tertiary/aromatic N) is 1. The molecule has 2 atom stereocenters. The van der Waals surface area contributed by atoms with E-state index in [4.69, 9.17) is 9.47 Å². The molecular weight excluding hydrogens is 306 g/mol. The predicted molar refractivity (Wildman–Crippen MR) is 79.6 cm³/mol. The number of likely N-dealkylation sites (N-methyl/N-ethyl adjacent to an activating group) is 1. The third-order valence-electron chi connectivity index (χ3n) is 4.83. The van der Waals surface area contributed by atoms with Crippen LogP contribution in [0.5, 0.6) is 11.5 Å². The van der Waals surface area contributed by atoms with E-state index in [2.05, 4.69) is 24.0 Å². The Morgan fingerprint density at radius 1 is 1.26 bits per heavy atom. The van der Waals surface area contributed by atoms with E-state index in [1.165, 1.54) is 37.1 Å². The summed E-state index contributed by atoms with van der Waals surface area (Å²) >= 11 is 0. The molecule has 0 unspecified atom stereocenters. The Kier molecular flexibility index (Phi) is 3.48. The molecule has 0 spiro atoms. The molecule has 1 saturated heterocycles. The van der Waals surface area contributed by atoms with Gasteiger partial charge in [0.15, 0.2) is 11.5 Å². The number of halogens is 1. The lowest BCUT2D eigenvalue weighted by molar-refractivity contribution is 0.172. The highest BCUT2D eigenvalue weighted by atomic mass is 79.9. The van der Waals surface area contributed by atoms with Gasteiger partial charge in [0.05, 0.1) is 0 Å². The van der Waals surface area contributed by atoms with Crippen molar-refractivity contribution in [3.63, 3.8) is 0 Å². The van der Waals surface area contributed by atoms with Gasteiger partial charge in [0.25, 0.3) is 0 Å². The summed E-state index contributed by atoms with van der Waals surface area (Å²) in [5, 5.41) is 0. The normalized spacial score (nSPS) is 27.6. The van der Waals surface area contributed by atoms with E-state index in [1.54, 1.807) is 0 Å². The van der Waals surface area contributed by atoms with Crippen LogP contribution in [0, 0.1) is 0 Å². The first kappa shape index (κ1) is 13.3. The lowest BCUT2D eigenvalue weighted by atomic mass is 9.79. The molecule has 1 aromatic carbocycles. The van der Waals surface area contributed by atoms with E-state index in [-0.39, 0.29) is 17.0 Å². The van der Waals surface area contributed by atoms with Crippen molar-refractivity contribution in [1.82, 2.24) is 4.90 Å². The minimum atomic E-state index is 0. The first-order valence-corrected chi connectivity index (χ1v) is 7.04. The molecule has 0 saturated carbocycles. The Bertz CT molecular complexity index is 491. The molecule has 2 aliphatic heterocycles. The molecule has 0 radical (unpaired) electrons. The van der Waals surface area contributed by atoms with E-state index < -0.39 is 0 Å². The van der Waals surface area contributed by atoms with Crippen molar-refractivity contribution in [2.24, 2.45) is 0 Å². The highest BCUT2D eigenvalue weighted by Crippen LogP contribution is 2.48. The quantitative estimate of drug-likeness (QED) is 0.791. The Labute approximate surface area is 124 Å². The van der Waals surface area contributed by atoms with Crippen LogP contribution < -0.4 is 9.47 Å². The average Bonchev–Trinajstić information content (AvgIpc) is 3.04. The van der Waals surface area contributed by atoms with Crippen LogP contribution in [0.4, 0.5) is 0 Å². The van der Waals surface area contributed by atoms with Gasteiger partial charge in [-0.05, 0) is 44.0 Å². The number of hydrogen-bond donors (Lipinski definition) is 0. The molecule has 3 aliphatic rings. The number of rotatable bonds is 1. The molecule has 0 N–H and O–H groups in total. The highest BCUT2D eigenvalue weighted by molar-refractivity contribution is 8.93. The number of ether oxygens (including phenoxy) is 2. The number of likely N-dealkylation sites (tertiary alicyclic amines) is 1. The van der Waals surface area contributed by atoms with Gasteiger partial charge >= 0.3 is 0 Å². The number of hydrogen-bond acceptors (Lipinski definition) is 3. The average molecular weight is 326 g/mol. The Morgan fingerprint density at radius 2 is 2.16 bits per heavy atom. The van der Waals surface area contributed by atoms with Gasteiger partial charge in [-0.3, -0.25) is 0 Å². The van der Waals surface area contributed by atoms with Gasteiger partial charge in [-0.15, -0.1) is 17.0 Å². The SMILES string of the molecule is Br.CCN1CC[C@@H]2c3ccc4c(c3CC[C@H]21)OCO4. The maximum absolute atomic E-state index is 5.66. The summed E-state index contributed by atoms with van der Waals surface area (Å²) < 4.78 is 11.1. The lowest BCUT2D eigenvalue weighted by Gasteiger charge is -2.33. The summed E-state index contributed by atoms with van der Waals surface area (Å²) in [5.41, 5.74) is 2.94. The molecular formula is C15H20BrNO2. The summed E-state index contributed by atoms with van der Waals surface area (Å²) in [5.74, 6) is 2.68. The zero-order valence-corrected chi connectivity index (χ0v) is 12.9. The van der Waals surface area contributed by atoms with Gasteiger partial charge in [0.2, 0.25) is 6.79 Å². The second-order valence-corrected chi connectivity index (χ2v) is 5.50. The van der Waals surface area contributed by atoms with Crippen molar-refractivity contribution >= 4 is 17.0 Å². The third-order valence-corrected chi connectivity index (χ3v) is 4.83. The van der Waals surface area contributed by atoms with E-state index >= 15 is 0 Å². The van der Waals surface area contributed by atoms with Crippen LogP contribution in [-0.2, 0) is 6.42 Å². The van der Waals surface area contributed by atoms with E-state index in [1.807, 2.05) is 0 Å². The second-order valence-electron chi connectivity index (χ2n) is 5.50. The van der Waals surface area contributed by atoms with Crippen molar-refractivity contribution in [2.45, 2.75) is 38.1 Å². The van der Waals surface area contributed by atoms with Crippen LogP contribution in [-0.4, -0.2) is 30.8 Å². The standard InChI is InChI=1S/C15H19NO2.BrH/c1-2-16-8-7-11-10-4-6-14-15(18-9-17-14)12(10)3-5-13(11)16;/h4,6,11,13H,2-3,5,7-9H2,1H3;1H/t11-,13-;/m1./s1. The smallest absolute Gasteiger partial charge is 0.231 e. The zero-order valence-electron chi connectivity index (χ0n) is 11.2. The van der Waals surface area contributed by atoms with E-state index in [9.17, 15) is 0 Å². The van der Waals surface area contributed by atoms with Crippen LogP contribution in [0.1, 0.15) is 36.8 Å². The van der Waals surface area contributed by atoms with Gasteiger partial charge in [0, 0.05) is 17.5 Å². The van der Waals surface area contributed by atoms with Gasteiger partial charge in [0.1, 0.15) is 0 Å². The summed E-state index contributed by atoms with van der Waals surface area (Å²) in [6.45, 7) is 5.10. The van der Waals surface area contributed by atoms with Crippen molar-refractivity contribution in [3.8, 4) is 11.5 Å². The zero-order chi connectivity index (χ0) is 12.1. The van der Waals surface area contributed by atoms with Crippen molar-refractivity contribution in [1.29, 1.82) is 0 Å². The molecule has 3 nitrogen and oxygen atoms in total. The first-order valence-electron chi connectivity index (χ1n) is 7.04. The van der Waals surface area contributed by atoms with Crippen LogP contribution in [0.2, 0.25) is 0 Å². The minimum Gasteiger partial charge on any atom is -0.454 e. The van der Waals surface area contributed by atoms with Crippen LogP contribution in [0.25, 0.3) is 0 Å². The van der Waals surface area contributed by atoms with Crippen molar-refractivity contribution in [3.05, 3.63) is 23.3 Å². The molecule has 0 bridgehead atoms. The molecule has 19 heavy (non-hydrogen) atoms. The Morgan fingerprint density at radius 3 is 3.00 bits per heavy atom. The van der Waals surface area contributed by atoms with Gasteiger partial charge in [-0.1, -0.05) is 13.0 Å². The fraction of sp³-hybridized carbons (Fsp3) is 0.600. The largest absolute Gasteiger partial charge is 0.454 e. The lowest BCUT2D eigenvalue weighted by Crippen LogP contribution is -2.34. The molecule has 0 amide bonds. The molecule has 1 aromatic rings. The van der Waals surface area contributed by atoms with Crippen molar-refractivity contribution in [2.75, 3.05) is 19.9 Å². The Hall–Kier alpha value is -0.740.